The van der Waals surface area contributed by atoms with Gasteiger partial charge in [-0.3, -0.25) is 0 Å². The van der Waals surface area contributed by atoms with Gasteiger partial charge < -0.3 is 10.5 Å². The minimum atomic E-state index is 0.0638. The molecule has 1 aromatic rings. The Labute approximate surface area is 99.0 Å². The van der Waals surface area contributed by atoms with Crippen molar-refractivity contribution in [3.8, 4) is 11.9 Å². The molecule has 0 bridgehead atoms. The molecule has 16 heavy (non-hydrogen) atoms. The first-order valence-electron chi connectivity index (χ1n) is 5.17. The molecule has 1 aromatic heterocycles. The van der Waals surface area contributed by atoms with Crippen molar-refractivity contribution in [1.82, 2.24) is 4.98 Å². The van der Waals surface area contributed by atoms with Gasteiger partial charge in [0.15, 0.2) is 0 Å². The van der Waals surface area contributed by atoms with E-state index in [1.165, 1.54) is 6.20 Å². The van der Waals surface area contributed by atoms with Gasteiger partial charge in [0.25, 0.3) is 0 Å². The molecule has 2 atom stereocenters. The average molecular weight is 238 g/mol. The monoisotopic (exact) mass is 237 g/mol. The maximum absolute atomic E-state index is 8.81. The first-order valence-corrected chi connectivity index (χ1v) is 5.55. The quantitative estimate of drug-likeness (QED) is 0.852. The fourth-order valence-corrected chi connectivity index (χ4v) is 2.03. The summed E-state index contributed by atoms with van der Waals surface area (Å²) < 4.78 is 5.64. The predicted molar refractivity (Wildman–Crippen MR) is 60.2 cm³/mol. The van der Waals surface area contributed by atoms with Crippen molar-refractivity contribution in [3.63, 3.8) is 0 Å². The number of ether oxygens (including phenoxy) is 1. The summed E-state index contributed by atoms with van der Waals surface area (Å²) in [5, 5.41) is 9.09. The summed E-state index contributed by atoms with van der Waals surface area (Å²) in [6, 6.07) is 3.75. The van der Waals surface area contributed by atoms with Crippen molar-refractivity contribution in [1.29, 1.82) is 5.26 Å². The smallest absolute Gasteiger partial charge is 0.234 e. The van der Waals surface area contributed by atoms with Crippen molar-refractivity contribution >= 4 is 11.6 Å². The van der Waals surface area contributed by atoms with Crippen LogP contribution in [0.3, 0.4) is 0 Å². The molecule has 0 amide bonds. The highest BCUT2D eigenvalue weighted by Gasteiger charge is 2.24. The number of aromatic nitrogens is 1. The predicted octanol–water partition coefficient (Wildman–Crippen LogP) is 1.87. The van der Waals surface area contributed by atoms with Crippen LogP contribution in [-0.4, -0.2) is 17.1 Å². The fraction of sp³-hybridized carbons (Fsp3) is 0.455. The molecule has 84 valence electrons. The second kappa shape index (κ2) is 4.69. The van der Waals surface area contributed by atoms with Gasteiger partial charge in [0.2, 0.25) is 5.88 Å². The van der Waals surface area contributed by atoms with E-state index in [2.05, 4.69) is 4.98 Å². The lowest BCUT2D eigenvalue weighted by atomic mass is 10.2. The van der Waals surface area contributed by atoms with Gasteiger partial charge in [-0.15, -0.1) is 0 Å². The Morgan fingerprint density at radius 3 is 3.00 bits per heavy atom. The van der Waals surface area contributed by atoms with Crippen molar-refractivity contribution in [2.24, 2.45) is 5.73 Å². The molecular weight excluding hydrogens is 226 g/mol. The standard InChI is InChI=1S/C11H12ClN3O/c12-10-7(6-13)3-4-15-11(10)16-9-2-1-8(14)5-9/h3-4,8-9H,1-2,5,14H2. The van der Waals surface area contributed by atoms with Gasteiger partial charge in [-0.1, -0.05) is 11.6 Å². The number of nitriles is 1. The molecule has 1 aliphatic rings. The fourth-order valence-electron chi connectivity index (χ4n) is 1.83. The lowest BCUT2D eigenvalue weighted by Crippen LogP contribution is -2.19. The first kappa shape index (κ1) is 11.2. The van der Waals surface area contributed by atoms with Gasteiger partial charge in [-0.05, 0) is 25.3 Å². The van der Waals surface area contributed by atoms with Crippen LogP contribution >= 0.6 is 11.6 Å². The largest absolute Gasteiger partial charge is 0.473 e. The topological polar surface area (TPSA) is 71.9 Å². The van der Waals surface area contributed by atoms with Gasteiger partial charge in [-0.2, -0.15) is 5.26 Å². The minimum Gasteiger partial charge on any atom is -0.473 e. The highest BCUT2D eigenvalue weighted by Crippen LogP contribution is 2.29. The Balaban J connectivity index is 2.13. The maximum Gasteiger partial charge on any atom is 0.234 e. The molecule has 0 radical (unpaired) electrons. The molecule has 1 heterocycles. The molecule has 4 nitrogen and oxygen atoms in total. The van der Waals surface area contributed by atoms with E-state index in [1.54, 1.807) is 6.07 Å². The lowest BCUT2D eigenvalue weighted by molar-refractivity contribution is 0.200. The third-order valence-electron chi connectivity index (χ3n) is 2.68. The molecule has 0 spiro atoms. The van der Waals surface area contributed by atoms with Crippen molar-refractivity contribution in [2.45, 2.75) is 31.4 Å². The van der Waals surface area contributed by atoms with E-state index >= 15 is 0 Å². The van der Waals surface area contributed by atoms with Gasteiger partial charge in [0, 0.05) is 12.2 Å². The van der Waals surface area contributed by atoms with E-state index in [1.807, 2.05) is 6.07 Å². The number of hydrogen-bond acceptors (Lipinski definition) is 4. The van der Waals surface area contributed by atoms with E-state index in [0.29, 0.717) is 11.4 Å². The lowest BCUT2D eigenvalue weighted by Gasteiger charge is -2.13. The van der Waals surface area contributed by atoms with Crippen LogP contribution in [0.15, 0.2) is 12.3 Å². The third-order valence-corrected chi connectivity index (χ3v) is 3.05. The molecule has 0 aromatic carbocycles. The van der Waals surface area contributed by atoms with Crippen LogP contribution in [0.4, 0.5) is 0 Å². The summed E-state index contributed by atoms with van der Waals surface area (Å²) in [5.41, 5.74) is 6.17. The zero-order valence-corrected chi connectivity index (χ0v) is 9.44. The molecule has 2 N–H and O–H groups in total. The molecular formula is C11H12ClN3O. The van der Waals surface area contributed by atoms with Gasteiger partial charge >= 0.3 is 0 Å². The summed E-state index contributed by atoms with van der Waals surface area (Å²) in [5.74, 6) is 0.333. The Morgan fingerprint density at radius 1 is 1.56 bits per heavy atom. The SMILES string of the molecule is N#Cc1ccnc(OC2CCC(N)C2)c1Cl. The van der Waals surface area contributed by atoms with E-state index in [4.69, 9.17) is 27.3 Å². The van der Waals surface area contributed by atoms with Crippen LogP contribution in [0.1, 0.15) is 24.8 Å². The van der Waals surface area contributed by atoms with Crippen molar-refractivity contribution in [2.75, 3.05) is 0 Å². The number of hydrogen-bond donors (Lipinski definition) is 1. The Bertz CT molecular complexity index is 430. The van der Waals surface area contributed by atoms with Crippen LogP contribution in [0.25, 0.3) is 0 Å². The van der Waals surface area contributed by atoms with Crippen LogP contribution in [0.5, 0.6) is 5.88 Å². The number of nitrogens with two attached hydrogens (primary N) is 1. The van der Waals surface area contributed by atoms with Gasteiger partial charge in [0.05, 0.1) is 5.56 Å². The highest BCUT2D eigenvalue weighted by atomic mass is 35.5. The summed E-state index contributed by atoms with van der Waals surface area (Å²) in [4.78, 5) is 4.03. The molecule has 0 saturated heterocycles. The number of nitrogens with zero attached hydrogens (tertiary/aromatic N) is 2. The van der Waals surface area contributed by atoms with Crippen LogP contribution in [0.2, 0.25) is 5.02 Å². The van der Waals surface area contributed by atoms with Crippen molar-refractivity contribution in [3.05, 3.63) is 22.8 Å². The summed E-state index contributed by atoms with van der Waals surface area (Å²) in [6.07, 6.45) is 4.27. The van der Waals surface area contributed by atoms with E-state index < -0.39 is 0 Å². The van der Waals surface area contributed by atoms with Crippen LogP contribution in [0, 0.1) is 11.3 Å². The second-order valence-corrected chi connectivity index (χ2v) is 4.28. The third kappa shape index (κ3) is 2.26. The van der Waals surface area contributed by atoms with Crippen LogP contribution in [-0.2, 0) is 0 Å². The Morgan fingerprint density at radius 2 is 2.38 bits per heavy atom. The van der Waals surface area contributed by atoms with Crippen LogP contribution < -0.4 is 10.5 Å². The first-order chi connectivity index (χ1) is 7.70. The zero-order chi connectivity index (χ0) is 11.5. The molecule has 2 rings (SSSR count). The summed E-state index contributed by atoms with van der Waals surface area (Å²) >= 11 is 5.98. The second-order valence-electron chi connectivity index (χ2n) is 3.90. The van der Waals surface area contributed by atoms with Gasteiger partial charge in [-0.25, -0.2) is 4.98 Å². The van der Waals surface area contributed by atoms with Crippen molar-refractivity contribution < 1.29 is 4.74 Å². The van der Waals surface area contributed by atoms with Gasteiger partial charge in [0.1, 0.15) is 17.2 Å². The summed E-state index contributed by atoms with van der Waals surface area (Å²) in [6.45, 7) is 0. The molecule has 5 heteroatoms. The molecule has 0 aliphatic heterocycles. The Kier molecular flexibility index (Phi) is 3.28. The molecule has 1 saturated carbocycles. The molecule has 1 fully saturated rings. The maximum atomic E-state index is 8.81. The van der Waals surface area contributed by atoms with E-state index in [-0.39, 0.29) is 17.2 Å². The number of rotatable bonds is 2. The average Bonchev–Trinajstić information content (AvgIpc) is 2.67. The molecule has 1 aliphatic carbocycles. The summed E-state index contributed by atoms with van der Waals surface area (Å²) in [7, 11) is 0. The molecule has 2 unspecified atom stereocenters. The highest BCUT2D eigenvalue weighted by molar-refractivity contribution is 6.32. The normalized spacial score (nSPS) is 24.1. The zero-order valence-electron chi connectivity index (χ0n) is 8.69. The number of halogens is 1. The van der Waals surface area contributed by atoms with E-state index in [9.17, 15) is 0 Å². The number of pyridine rings is 1. The minimum absolute atomic E-state index is 0.0638. The Hall–Kier alpha value is -1.31. The van der Waals surface area contributed by atoms with E-state index in [0.717, 1.165) is 19.3 Å².